The molecule has 1 saturated carbocycles. The monoisotopic (exact) mass is 255 g/mol. The molecule has 3 heteroatoms. The van der Waals surface area contributed by atoms with Gasteiger partial charge in [0.05, 0.1) is 13.0 Å². The van der Waals surface area contributed by atoms with E-state index in [0.717, 1.165) is 5.92 Å². The van der Waals surface area contributed by atoms with Gasteiger partial charge in [0.2, 0.25) is 0 Å². The van der Waals surface area contributed by atoms with Gasteiger partial charge in [-0.15, -0.1) is 0 Å². The maximum absolute atomic E-state index is 11.6. The highest BCUT2D eigenvalue weighted by atomic mass is 16.5. The second kappa shape index (κ2) is 7.13. The van der Waals surface area contributed by atoms with E-state index in [4.69, 9.17) is 4.74 Å². The zero-order chi connectivity index (χ0) is 13.7. The van der Waals surface area contributed by atoms with Crippen molar-refractivity contribution in [1.29, 1.82) is 0 Å². The van der Waals surface area contributed by atoms with E-state index in [-0.39, 0.29) is 17.9 Å². The third-order valence-corrected chi connectivity index (χ3v) is 4.91. The number of nitrogens with zero attached hydrogens (tertiary/aromatic N) is 1. The SMILES string of the molecule is CCC1CCC(N(C)C(C)C(C)C(=O)OC)CC1. The summed E-state index contributed by atoms with van der Waals surface area (Å²) >= 11 is 0. The molecule has 3 nitrogen and oxygen atoms in total. The molecule has 1 fully saturated rings. The molecule has 0 amide bonds. The van der Waals surface area contributed by atoms with Gasteiger partial charge < -0.3 is 4.74 Å². The minimum absolute atomic E-state index is 0.0519. The highest BCUT2D eigenvalue weighted by molar-refractivity contribution is 5.72. The number of carbonyl (C=O) groups excluding carboxylic acids is 1. The fourth-order valence-electron chi connectivity index (χ4n) is 3.03. The number of esters is 1. The van der Waals surface area contributed by atoms with Gasteiger partial charge in [-0.1, -0.05) is 20.3 Å². The zero-order valence-electron chi connectivity index (χ0n) is 12.6. The first-order chi connectivity index (χ1) is 8.51. The lowest BCUT2D eigenvalue weighted by molar-refractivity contribution is -0.147. The second-order valence-corrected chi connectivity index (χ2v) is 5.80. The summed E-state index contributed by atoms with van der Waals surface area (Å²) in [6, 6.07) is 0.885. The molecule has 0 bridgehead atoms. The Bertz CT molecular complexity index is 259. The highest BCUT2D eigenvalue weighted by Gasteiger charge is 2.30. The van der Waals surface area contributed by atoms with Gasteiger partial charge in [0, 0.05) is 12.1 Å². The second-order valence-electron chi connectivity index (χ2n) is 5.80. The van der Waals surface area contributed by atoms with Crippen LogP contribution in [0, 0.1) is 11.8 Å². The van der Waals surface area contributed by atoms with Crippen molar-refractivity contribution < 1.29 is 9.53 Å². The molecule has 2 unspecified atom stereocenters. The number of hydrogen-bond acceptors (Lipinski definition) is 3. The van der Waals surface area contributed by atoms with Crippen LogP contribution in [0.15, 0.2) is 0 Å². The number of rotatable bonds is 5. The van der Waals surface area contributed by atoms with E-state index < -0.39 is 0 Å². The van der Waals surface area contributed by atoms with Crippen molar-refractivity contribution in [1.82, 2.24) is 4.90 Å². The zero-order valence-corrected chi connectivity index (χ0v) is 12.6. The minimum atomic E-state index is -0.100. The Hall–Kier alpha value is -0.570. The lowest BCUT2D eigenvalue weighted by Crippen LogP contribution is -2.45. The fraction of sp³-hybridized carbons (Fsp3) is 0.933. The van der Waals surface area contributed by atoms with Crippen LogP contribution in [0.2, 0.25) is 0 Å². The van der Waals surface area contributed by atoms with Crippen molar-refractivity contribution in [3.05, 3.63) is 0 Å². The standard InChI is InChI=1S/C15H29NO2/c1-6-13-7-9-14(10-8-13)16(4)12(3)11(2)15(17)18-5/h11-14H,6-10H2,1-5H3. The summed E-state index contributed by atoms with van der Waals surface area (Å²) in [5, 5.41) is 0. The van der Waals surface area contributed by atoms with Crippen molar-refractivity contribution in [2.24, 2.45) is 11.8 Å². The molecule has 1 aliphatic rings. The topological polar surface area (TPSA) is 29.5 Å². The molecule has 0 aromatic heterocycles. The first-order valence-electron chi connectivity index (χ1n) is 7.31. The summed E-state index contributed by atoms with van der Waals surface area (Å²) in [5.74, 6) is 0.767. The predicted molar refractivity (Wildman–Crippen MR) is 74.4 cm³/mol. The quantitative estimate of drug-likeness (QED) is 0.707. The van der Waals surface area contributed by atoms with Gasteiger partial charge in [-0.05, 0) is 45.6 Å². The van der Waals surface area contributed by atoms with E-state index >= 15 is 0 Å². The molecule has 1 rings (SSSR count). The van der Waals surface area contributed by atoms with Gasteiger partial charge in [0.1, 0.15) is 0 Å². The summed E-state index contributed by atoms with van der Waals surface area (Å²) in [6.07, 6.45) is 6.53. The van der Waals surface area contributed by atoms with E-state index in [1.807, 2.05) is 6.92 Å². The molecule has 18 heavy (non-hydrogen) atoms. The summed E-state index contributed by atoms with van der Waals surface area (Å²) < 4.78 is 4.84. The Morgan fingerprint density at radius 1 is 1.28 bits per heavy atom. The Labute approximate surface area is 112 Å². The van der Waals surface area contributed by atoms with Gasteiger partial charge >= 0.3 is 5.97 Å². The lowest BCUT2D eigenvalue weighted by Gasteiger charge is -2.39. The Balaban J connectivity index is 2.49. The summed E-state index contributed by atoms with van der Waals surface area (Å²) in [5.41, 5.74) is 0. The molecule has 0 radical (unpaired) electrons. The number of ether oxygens (including phenoxy) is 1. The van der Waals surface area contributed by atoms with Crippen LogP contribution in [0.25, 0.3) is 0 Å². The molecule has 0 saturated heterocycles. The minimum Gasteiger partial charge on any atom is -0.469 e. The van der Waals surface area contributed by atoms with E-state index in [0.29, 0.717) is 6.04 Å². The molecule has 0 N–H and O–H groups in total. The number of carbonyl (C=O) groups is 1. The Morgan fingerprint density at radius 2 is 1.83 bits per heavy atom. The van der Waals surface area contributed by atoms with Crippen molar-refractivity contribution in [2.75, 3.05) is 14.2 Å². The van der Waals surface area contributed by atoms with Gasteiger partial charge in [0.25, 0.3) is 0 Å². The molecule has 0 aromatic rings. The van der Waals surface area contributed by atoms with Crippen LogP contribution < -0.4 is 0 Å². The fourth-order valence-corrected chi connectivity index (χ4v) is 3.03. The van der Waals surface area contributed by atoms with E-state index in [9.17, 15) is 4.79 Å². The van der Waals surface area contributed by atoms with Crippen LogP contribution in [0.5, 0.6) is 0 Å². The van der Waals surface area contributed by atoms with Crippen LogP contribution in [0.1, 0.15) is 52.9 Å². The highest BCUT2D eigenvalue weighted by Crippen LogP contribution is 2.30. The van der Waals surface area contributed by atoms with Gasteiger partial charge in [-0.2, -0.15) is 0 Å². The maximum atomic E-state index is 11.6. The average Bonchev–Trinajstić information content (AvgIpc) is 2.44. The first-order valence-corrected chi connectivity index (χ1v) is 7.31. The van der Waals surface area contributed by atoms with E-state index in [1.165, 1.54) is 39.2 Å². The van der Waals surface area contributed by atoms with Crippen molar-refractivity contribution >= 4 is 5.97 Å². The summed E-state index contributed by atoms with van der Waals surface area (Å²) in [6.45, 7) is 6.38. The van der Waals surface area contributed by atoms with Gasteiger partial charge in [-0.25, -0.2) is 0 Å². The molecule has 0 heterocycles. The third-order valence-electron chi connectivity index (χ3n) is 4.91. The molecule has 0 aromatic carbocycles. The average molecular weight is 255 g/mol. The molecule has 1 aliphatic carbocycles. The molecule has 2 atom stereocenters. The molecule has 106 valence electrons. The summed E-state index contributed by atoms with van der Waals surface area (Å²) in [7, 11) is 3.62. The molecular formula is C15H29NO2. The Morgan fingerprint density at radius 3 is 2.28 bits per heavy atom. The number of hydrogen-bond donors (Lipinski definition) is 0. The normalized spacial score (nSPS) is 27.9. The predicted octanol–water partition coefficient (Wildman–Crippen LogP) is 3.08. The summed E-state index contributed by atoms with van der Waals surface area (Å²) in [4.78, 5) is 14.0. The molecule has 0 aliphatic heterocycles. The van der Waals surface area contributed by atoms with Crippen molar-refractivity contribution in [3.8, 4) is 0 Å². The van der Waals surface area contributed by atoms with Crippen LogP contribution in [0.3, 0.4) is 0 Å². The first kappa shape index (κ1) is 15.5. The third kappa shape index (κ3) is 3.71. The van der Waals surface area contributed by atoms with Crippen molar-refractivity contribution in [2.45, 2.75) is 65.0 Å². The maximum Gasteiger partial charge on any atom is 0.309 e. The van der Waals surface area contributed by atoms with Crippen LogP contribution in [-0.2, 0) is 9.53 Å². The van der Waals surface area contributed by atoms with Crippen LogP contribution in [0.4, 0.5) is 0 Å². The van der Waals surface area contributed by atoms with Gasteiger partial charge in [-0.3, -0.25) is 9.69 Å². The lowest BCUT2D eigenvalue weighted by atomic mass is 9.83. The number of methoxy groups -OCH3 is 1. The van der Waals surface area contributed by atoms with Crippen LogP contribution >= 0.6 is 0 Å². The Kier molecular flexibility index (Phi) is 6.13. The van der Waals surface area contributed by atoms with E-state index in [2.05, 4.69) is 25.8 Å². The van der Waals surface area contributed by atoms with Crippen LogP contribution in [-0.4, -0.2) is 37.1 Å². The van der Waals surface area contributed by atoms with Crippen molar-refractivity contribution in [3.63, 3.8) is 0 Å². The van der Waals surface area contributed by atoms with Gasteiger partial charge in [0.15, 0.2) is 0 Å². The largest absolute Gasteiger partial charge is 0.469 e. The molecular weight excluding hydrogens is 226 g/mol. The molecule has 0 spiro atoms. The van der Waals surface area contributed by atoms with E-state index in [1.54, 1.807) is 0 Å². The smallest absolute Gasteiger partial charge is 0.309 e.